The number of thiazole rings is 1. The van der Waals surface area contributed by atoms with Crippen LogP contribution in [0, 0.1) is 0 Å². The average Bonchev–Trinajstić information content (AvgIpc) is 3.39. The monoisotopic (exact) mass is 393 g/mol. The normalized spacial score (nSPS) is 17.1. The van der Waals surface area contributed by atoms with E-state index in [9.17, 15) is 0 Å². The summed E-state index contributed by atoms with van der Waals surface area (Å²) in [6.07, 6.45) is 0. The molecule has 5 rings (SSSR count). The minimum atomic E-state index is 0.304. The second kappa shape index (κ2) is 7.91. The Labute approximate surface area is 169 Å². The van der Waals surface area contributed by atoms with Crippen molar-refractivity contribution in [3.63, 3.8) is 0 Å². The molecule has 0 bridgehead atoms. The van der Waals surface area contributed by atoms with Crippen LogP contribution >= 0.6 is 11.3 Å². The zero-order valence-corrected chi connectivity index (χ0v) is 16.5. The predicted molar refractivity (Wildman–Crippen MR) is 111 cm³/mol. The first kappa shape index (κ1) is 17.7. The smallest absolute Gasteiger partial charge is 0.231 e. The van der Waals surface area contributed by atoms with E-state index in [0.29, 0.717) is 6.79 Å². The molecule has 0 spiro atoms. The molecule has 2 aliphatic heterocycles. The number of benzene rings is 2. The minimum Gasteiger partial charge on any atom is -0.454 e. The van der Waals surface area contributed by atoms with Crippen LogP contribution in [0.2, 0.25) is 0 Å². The van der Waals surface area contributed by atoms with Gasteiger partial charge in [0.25, 0.3) is 0 Å². The van der Waals surface area contributed by atoms with Crippen molar-refractivity contribution in [1.29, 1.82) is 0 Å². The lowest BCUT2D eigenvalue weighted by Gasteiger charge is -2.34. The van der Waals surface area contributed by atoms with Gasteiger partial charge < -0.3 is 9.47 Å². The van der Waals surface area contributed by atoms with Crippen molar-refractivity contribution in [3.05, 3.63) is 65.2 Å². The third-order valence-corrected chi connectivity index (χ3v) is 6.21. The van der Waals surface area contributed by atoms with Crippen LogP contribution in [-0.4, -0.2) is 47.8 Å². The van der Waals surface area contributed by atoms with E-state index in [1.54, 1.807) is 11.3 Å². The highest BCUT2D eigenvalue weighted by atomic mass is 32.1. The topological polar surface area (TPSA) is 37.8 Å². The van der Waals surface area contributed by atoms with Crippen molar-refractivity contribution < 1.29 is 9.47 Å². The van der Waals surface area contributed by atoms with Gasteiger partial charge in [-0.25, -0.2) is 4.98 Å². The van der Waals surface area contributed by atoms with Crippen molar-refractivity contribution >= 4 is 11.3 Å². The zero-order valence-electron chi connectivity index (χ0n) is 15.7. The van der Waals surface area contributed by atoms with Crippen LogP contribution in [-0.2, 0) is 13.1 Å². The fourth-order valence-corrected chi connectivity index (χ4v) is 4.53. The molecule has 0 atom stereocenters. The fraction of sp³-hybridized carbons (Fsp3) is 0.318. The quantitative estimate of drug-likeness (QED) is 0.658. The number of fused-ring (bicyclic) bond motifs is 1. The summed E-state index contributed by atoms with van der Waals surface area (Å²) >= 11 is 1.69. The number of aromatic nitrogens is 1. The van der Waals surface area contributed by atoms with Crippen molar-refractivity contribution in [2.45, 2.75) is 13.1 Å². The maximum atomic E-state index is 5.48. The van der Waals surface area contributed by atoms with E-state index in [0.717, 1.165) is 67.0 Å². The Balaban J connectivity index is 1.17. The van der Waals surface area contributed by atoms with Crippen LogP contribution in [0.4, 0.5) is 0 Å². The first-order valence-electron chi connectivity index (χ1n) is 9.66. The van der Waals surface area contributed by atoms with Gasteiger partial charge in [0.15, 0.2) is 11.5 Å². The van der Waals surface area contributed by atoms with Gasteiger partial charge in [0, 0.05) is 50.2 Å². The molecule has 0 saturated carbocycles. The summed E-state index contributed by atoms with van der Waals surface area (Å²) in [5, 5.41) is 3.21. The maximum absolute atomic E-state index is 5.48. The van der Waals surface area contributed by atoms with Gasteiger partial charge in [0.2, 0.25) is 6.79 Å². The van der Waals surface area contributed by atoms with Crippen molar-refractivity contribution in [2.24, 2.45) is 0 Å². The lowest BCUT2D eigenvalue weighted by Crippen LogP contribution is -2.45. The standard InChI is InChI=1S/C22H23N3O2S/c1-2-4-17(5-3-1)13-24-8-10-25(11-9-24)14-19-15-28-22(23-19)18-6-7-20-21(12-18)27-16-26-20/h1-7,12,15H,8-11,13-14,16H2. The zero-order chi connectivity index (χ0) is 18.8. The van der Waals surface area contributed by atoms with Crippen molar-refractivity contribution in [2.75, 3.05) is 33.0 Å². The summed E-state index contributed by atoms with van der Waals surface area (Å²) < 4.78 is 10.9. The molecule has 2 aliphatic rings. The molecule has 1 saturated heterocycles. The highest BCUT2D eigenvalue weighted by Crippen LogP contribution is 2.36. The lowest BCUT2D eigenvalue weighted by atomic mass is 10.2. The molecule has 28 heavy (non-hydrogen) atoms. The Kier molecular flexibility index (Phi) is 4.99. The lowest BCUT2D eigenvalue weighted by molar-refractivity contribution is 0.121. The fourth-order valence-electron chi connectivity index (χ4n) is 3.72. The molecule has 144 valence electrons. The first-order valence-corrected chi connectivity index (χ1v) is 10.5. The average molecular weight is 394 g/mol. The number of hydrogen-bond donors (Lipinski definition) is 0. The summed E-state index contributed by atoms with van der Waals surface area (Å²) in [4.78, 5) is 9.89. The summed E-state index contributed by atoms with van der Waals surface area (Å²) in [5.41, 5.74) is 3.63. The molecule has 0 amide bonds. The van der Waals surface area contributed by atoms with Gasteiger partial charge in [-0.05, 0) is 23.8 Å². The number of rotatable bonds is 5. The molecule has 1 aromatic heterocycles. The minimum absolute atomic E-state index is 0.304. The number of hydrogen-bond acceptors (Lipinski definition) is 6. The number of ether oxygens (including phenoxy) is 2. The van der Waals surface area contributed by atoms with E-state index in [4.69, 9.17) is 14.5 Å². The van der Waals surface area contributed by atoms with Crippen LogP contribution in [0.15, 0.2) is 53.9 Å². The van der Waals surface area contributed by atoms with Crippen LogP contribution in [0.5, 0.6) is 11.5 Å². The highest BCUT2D eigenvalue weighted by Gasteiger charge is 2.19. The molecule has 3 aromatic rings. The van der Waals surface area contributed by atoms with E-state index in [1.807, 2.05) is 12.1 Å². The van der Waals surface area contributed by atoms with E-state index in [1.165, 1.54) is 5.56 Å². The summed E-state index contributed by atoms with van der Waals surface area (Å²) in [7, 11) is 0. The third kappa shape index (κ3) is 3.90. The Morgan fingerprint density at radius 3 is 2.43 bits per heavy atom. The summed E-state index contributed by atoms with van der Waals surface area (Å²) in [5.74, 6) is 1.62. The maximum Gasteiger partial charge on any atom is 0.231 e. The SMILES string of the molecule is c1ccc(CN2CCN(Cc3csc(-c4ccc5c(c4)OCO5)n3)CC2)cc1. The second-order valence-corrected chi connectivity index (χ2v) is 8.11. The van der Waals surface area contributed by atoms with Gasteiger partial charge in [-0.3, -0.25) is 9.80 Å². The van der Waals surface area contributed by atoms with Crippen molar-refractivity contribution in [1.82, 2.24) is 14.8 Å². The second-order valence-electron chi connectivity index (χ2n) is 7.25. The van der Waals surface area contributed by atoms with Crippen molar-refractivity contribution in [3.8, 4) is 22.1 Å². The van der Waals surface area contributed by atoms with Crippen LogP contribution in [0.25, 0.3) is 10.6 Å². The summed E-state index contributed by atoms with van der Waals surface area (Å²) in [6.45, 7) is 6.65. The van der Waals surface area contributed by atoms with Crippen LogP contribution in [0.3, 0.4) is 0 Å². The van der Waals surface area contributed by atoms with Gasteiger partial charge in [-0.1, -0.05) is 30.3 Å². The van der Waals surface area contributed by atoms with Gasteiger partial charge >= 0.3 is 0 Å². The van der Waals surface area contributed by atoms with Crippen LogP contribution < -0.4 is 9.47 Å². The Hall–Kier alpha value is -2.41. The van der Waals surface area contributed by atoms with E-state index < -0.39 is 0 Å². The predicted octanol–water partition coefficient (Wildman–Crippen LogP) is 3.86. The molecule has 0 unspecified atom stereocenters. The molecule has 3 heterocycles. The van der Waals surface area contributed by atoms with Crippen LogP contribution in [0.1, 0.15) is 11.3 Å². The number of piperazine rings is 1. The molecule has 1 fully saturated rings. The van der Waals surface area contributed by atoms with Gasteiger partial charge in [-0.2, -0.15) is 0 Å². The van der Waals surface area contributed by atoms with E-state index in [-0.39, 0.29) is 0 Å². The Morgan fingerprint density at radius 1 is 0.857 bits per heavy atom. The van der Waals surface area contributed by atoms with Gasteiger partial charge in [-0.15, -0.1) is 11.3 Å². The third-order valence-electron chi connectivity index (χ3n) is 5.27. The Morgan fingerprint density at radius 2 is 1.61 bits per heavy atom. The molecular weight excluding hydrogens is 370 g/mol. The van der Waals surface area contributed by atoms with E-state index >= 15 is 0 Å². The Bertz CT molecular complexity index is 936. The van der Waals surface area contributed by atoms with E-state index in [2.05, 4.69) is 51.6 Å². The largest absolute Gasteiger partial charge is 0.454 e. The molecule has 0 aliphatic carbocycles. The van der Waals surface area contributed by atoms with Gasteiger partial charge in [0.1, 0.15) is 5.01 Å². The molecule has 5 nitrogen and oxygen atoms in total. The molecule has 0 radical (unpaired) electrons. The number of nitrogens with zero attached hydrogens (tertiary/aromatic N) is 3. The highest BCUT2D eigenvalue weighted by molar-refractivity contribution is 7.13. The first-order chi connectivity index (χ1) is 13.8. The molecular formula is C22H23N3O2S. The molecule has 0 N–H and O–H groups in total. The molecule has 2 aromatic carbocycles. The molecule has 6 heteroatoms. The summed E-state index contributed by atoms with van der Waals surface area (Å²) in [6, 6.07) is 16.8. The van der Waals surface area contributed by atoms with Gasteiger partial charge in [0.05, 0.1) is 5.69 Å².